The van der Waals surface area contributed by atoms with Crippen LogP contribution in [0.3, 0.4) is 0 Å². The summed E-state index contributed by atoms with van der Waals surface area (Å²) in [5.41, 5.74) is 1.66. The van der Waals surface area contributed by atoms with Gasteiger partial charge >= 0.3 is 0 Å². The second kappa shape index (κ2) is 8.00. The average molecular weight is 393 g/mol. The zero-order chi connectivity index (χ0) is 19.6. The molecule has 0 N–H and O–H groups in total. The van der Waals surface area contributed by atoms with E-state index in [0.29, 0.717) is 13.0 Å². The number of nitrogens with zero attached hydrogens (tertiary/aromatic N) is 2. The van der Waals surface area contributed by atoms with Crippen molar-refractivity contribution >= 4 is 27.3 Å². The first-order chi connectivity index (χ1) is 12.8. The lowest BCUT2D eigenvalue weighted by molar-refractivity contribution is -0.131. The molecule has 0 saturated carbocycles. The number of hydrogen-bond acceptors (Lipinski definition) is 4. The van der Waals surface area contributed by atoms with E-state index in [-0.39, 0.29) is 23.1 Å². The molecule has 27 heavy (non-hydrogen) atoms. The summed E-state index contributed by atoms with van der Waals surface area (Å²) in [5.74, 6) is -0.113. The number of carbonyl (C=O) groups excluding carboxylic acids is 2. The Morgan fingerprint density at radius 1 is 1.07 bits per heavy atom. The summed E-state index contributed by atoms with van der Waals surface area (Å²) in [6.07, 6.45) is 4.90. The summed E-state index contributed by atoms with van der Waals surface area (Å²) >= 11 is 0. The molecule has 2 amide bonds. The van der Waals surface area contributed by atoms with Crippen molar-refractivity contribution in [2.24, 2.45) is 0 Å². The van der Waals surface area contributed by atoms with E-state index >= 15 is 0 Å². The van der Waals surface area contributed by atoms with Crippen LogP contribution in [0.5, 0.6) is 0 Å². The number of benzene rings is 1. The largest absolute Gasteiger partial charge is 0.343 e. The van der Waals surface area contributed by atoms with Crippen molar-refractivity contribution in [3.8, 4) is 0 Å². The summed E-state index contributed by atoms with van der Waals surface area (Å²) in [6, 6.07) is 4.93. The fraction of sp³-hybridized carbons (Fsp3) is 0.600. The van der Waals surface area contributed by atoms with Crippen molar-refractivity contribution < 1.29 is 18.0 Å². The molecule has 1 fully saturated rings. The molecular weight excluding hydrogens is 364 g/mol. The van der Waals surface area contributed by atoms with Gasteiger partial charge in [0.15, 0.2) is 9.84 Å². The number of amides is 2. The number of carbonyl (C=O) groups is 2. The SMILES string of the molecule is CC(=O)N1CCc2cc(S(=O)(=O)C(C)CC(=O)N3CCCCCC3)ccc21. The van der Waals surface area contributed by atoms with Crippen LogP contribution < -0.4 is 4.90 Å². The van der Waals surface area contributed by atoms with Gasteiger partial charge in [0.25, 0.3) is 0 Å². The Bertz CT molecular complexity index is 826. The number of fused-ring (bicyclic) bond motifs is 1. The van der Waals surface area contributed by atoms with Crippen molar-refractivity contribution in [1.82, 2.24) is 4.90 Å². The molecule has 2 aliphatic heterocycles. The molecule has 148 valence electrons. The molecule has 1 aromatic carbocycles. The van der Waals surface area contributed by atoms with Crippen molar-refractivity contribution in [1.29, 1.82) is 0 Å². The van der Waals surface area contributed by atoms with Gasteiger partial charge in [-0.1, -0.05) is 12.8 Å². The summed E-state index contributed by atoms with van der Waals surface area (Å²) in [4.78, 5) is 27.9. The predicted molar refractivity (Wildman–Crippen MR) is 104 cm³/mol. The Kier molecular flexibility index (Phi) is 5.89. The maximum atomic E-state index is 13.0. The molecule has 2 heterocycles. The molecule has 6 nitrogen and oxygen atoms in total. The highest BCUT2D eigenvalue weighted by Gasteiger charge is 2.30. The van der Waals surface area contributed by atoms with Gasteiger partial charge in [0.1, 0.15) is 0 Å². The van der Waals surface area contributed by atoms with Gasteiger partial charge < -0.3 is 9.80 Å². The molecule has 0 spiro atoms. The summed E-state index contributed by atoms with van der Waals surface area (Å²) < 4.78 is 26.0. The standard InChI is InChI=1S/C20H28N2O4S/c1-15(13-20(24)21-10-5-3-4-6-11-21)27(25,26)18-7-8-19-17(14-18)9-12-22(19)16(2)23/h7-8,14-15H,3-6,9-13H2,1-2H3. The van der Waals surface area contributed by atoms with Crippen LogP contribution in [-0.4, -0.2) is 50.0 Å². The first-order valence-corrected chi connectivity index (χ1v) is 11.3. The Balaban J connectivity index is 1.74. The van der Waals surface area contributed by atoms with Gasteiger partial charge in [-0.25, -0.2) is 8.42 Å². The Labute approximate surface area is 161 Å². The lowest BCUT2D eigenvalue weighted by Gasteiger charge is -2.22. The lowest BCUT2D eigenvalue weighted by atomic mass is 10.2. The van der Waals surface area contributed by atoms with E-state index in [2.05, 4.69) is 0 Å². The Morgan fingerprint density at radius 2 is 1.74 bits per heavy atom. The monoisotopic (exact) mass is 392 g/mol. The minimum Gasteiger partial charge on any atom is -0.343 e. The van der Waals surface area contributed by atoms with Gasteiger partial charge in [-0.3, -0.25) is 9.59 Å². The van der Waals surface area contributed by atoms with Crippen LogP contribution in [0.4, 0.5) is 5.69 Å². The van der Waals surface area contributed by atoms with Crippen LogP contribution in [0.15, 0.2) is 23.1 Å². The fourth-order valence-corrected chi connectivity index (χ4v) is 5.31. The maximum Gasteiger partial charge on any atom is 0.223 e. The first kappa shape index (κ1) is 19.9. The molecule has 0 aromatic heterocycles. The van der Waals surface area contributed by atoms with E-state index in [4.69, 9.17) is 0 Å². The molecule has 1 atom stereocenters. The second-order valence-corrected chi connectivity index (χ2v) is 9.93. The third kappa shape index (κ3) is 4.18. The molecule has 0 bridgehead atoms. The van der Waals surface area contributed by atoms with Gasteiger partial charge in [0, 0.05) is 38.7 Å². The molecule has 1 saturated heterocycles. The minimum atomic E-state index is -3.59. The molecule has 1 aromatic rings. The zero-order valence-corrected chi connectivity index (χ0v) is 16.9. The van der Waals surface area contributed by atoms with Gasteiger partial charge in [0.2, 0.25) is 11.8 Å². The first-order valence-electron chi connectivity index (χ1n) is 9.73. The number of rotatable bonds is 4. The van der Waals surface area contributed by atoms with Crippen molar-refractivity contribution in [3.63, 3.8) is 0 Å². The summed E-state index contributed by atoms with van der Waals surface area (Å²) in [6.45, 7) is 5.16. The van der Waals surface area contributed by atoms with Crippen LogP contribution in [0.25, 0.3) is 0 Å². The smallest absolute Gasteiger partial charge is 0.223 e. The van der Waals surface area contributed by atoms with Crippen LogP contribution in [0.2, 0.25) is 0 Å². The van der Waals surface area contributed by atoms with E-state index in [0.717, 1.165) is 50.0 Å². The molecule has 1 unspecified atom stereocenters. The lowest BCUT2D eigenvalue weighted by Crippen LogP contribution is -2.35. The quantitative estimate of drug-likeness (QED) is 0.789. The van der Waals surface area contributed by atoms with Gasteiger partial charge in [-0.15, -0.1) is 0 Å². The normalized spacial score (nSPS) is 18.7. The maximum absolute atomic E-state index is 13.0. The topological polar surface area (TPSA) is 74.8 Å². The van der Waals surface area contributed by atoms with Crippen LogP contribution >= 0.6 is 0 Å². The average Bonchev–Trinajstić information content (AvgIpc) is 2.86. The van der Waals surface area contributed by atoms with Crippen molar-refractivity contribution in [3.05, 3.63) is 23.8 Å². The van der Waals surface area contributed by atoms with Crippen LogP contribution in [0.1, 0.15) is 51.5 Å². The van der Waals surface area contributed by atoms with E-state index in [1.807, 2.05) is 4.90 Å². The number of anilines is 1. The highest BCUT2D eigenvalue weighted by atomic mass is 32.2. The van der Waals surface area contributed by atoms with Gasteiger partial charge in [0.05, 0.1) is 10.1 Å². The number of sulfone groups is 1. The third-order valence-corrected chi connectivity index (χ3v) is 7.74. The van der Waals surface area contributed by atoms with E-state index in [9.17, 15) is 18.0 Å². The molecule has 0 aliphatic carbocycles. The fourth-order valence-electron chi connectivity index (χ4n) is 3.92. The highest BCUT2D eigenvalue weighted by Crippen LogP contribution is 2.31. The Morgan fingerprint density at radius 3 is 2.37 bits per heavy atom. The van der Waals surface area contributed by atoms with E-state index in [1.54, 1.807) is 30.0 Å². The Hall–Kier alpha value is -1.89. The molecule has 2 aliphatic rings. The van der Waals surface area contributed by atoms with Gasteiger partial charge in [-0.2, -0.15) is 0 Å². The molecule has 3 rings (SSSR count). The number of hydrogen-bond donors (Lipinski definition) is 0. The predicted octanol–water partition coefficient (Wildman–Crippen LogP) is 2.55. The highest BCUT2D eigenvalue weighted by molar-refractivity contribution is 7.92. The molecular formula is C20H28N2O4S. The third-order valence-electron chi connectivity index (χ3n) is 5.61. The van der Waals surface area contributed by atoms with Crippen LogP contribution in [0, 0.1) is 0 Å². The zero-order valence-electron chi connectivity index (χ0n) is 16.1. The second-order valence-electron chi connectivity index (χ2n) is 7.57. The summed E-state index contributed by atoms with van der Waals surface area (Å²) in [5, 5.41) is -0.767. The number of likely N-dealkylation sites (tertiary alicyclic amines) is 1. The molecule has 0 radical (unpaired) electrons. The minimum absolute atomic E-state index is 0.0129. The van der Waals surface area contributed by atoms with E-state index < -0.39 is 15.1 Å². The van der Waals surface area contributed by atoms with Gasteiger partial charge in [-0.05, 0) is 49.9 Å². The van der Waals surface area contributed by atoms with Crippen LogP contribution in [-0.2, 0) is 25.8 Å². The summed E-state index contributed by atoms with van der Waals surface area (Å²) in [7, 11) is -3.59. The molecule has 7 heteroatoms. The van der Waals surface area contributed by atoms with Crippen molar-refractivity contribution in [2.45, 2.75) is 62.5 Å². The van der Waals surface area contributed by atoms with E-state index in [1.165, 1.54) is 6.92 Å². The van der Waals surface area contributed by atoms with Crippen molar-refractivity contribution in [2.75, 3.05) is 24.5 Å².